The molecule has 3 amide bonds. The van der Waals surface area contributed by atoms with Gasteiger partial charge in [-0.15, -0.1) is 0 Å². The first-order chi connectivity index (χ1) is 30.6. The predicted molar refractivity (Wildman–Crippen MR) is 240 cm³/mol. The smallest absolute Gasteiger partial charge is 0.370 e. The zero-order chi connectivity index (χ0) is 43.6. The lowest BCUT2D eigenvalue weighted by Crippen LogP contribution is -2.61. The average Bonchev–Trinajstić information content (AvgIpc) is 4.14. The van der Waals surface area contributed by atoms with E-state index in [1.165, 1.54) is 0 Å². The second-order valence-electron chi connectivity index (χ2n) is 15.7. The minimum atomic E-state index is -0.855. The number of H-pyrrole nitrogens is 1. The summed E-state index contributed by atoms with van der Waals surface area (Å²) in [5.41, 5.74) is 9.78. The van der Waals surface area contributed by atoms with Crippen molar-refractivity contribution in [1.29, 1.82) is 0 Å². The van der Waals surface area contributed by atoms with Gasteiger partial charge < -0.3 is 29.5 Å². The summed E-state index contributed by atoms with van der Waals surface area (Å²) in [5, 5.41) is 2.86. The first-order valence-electron chi connectivity index (χ1n) is 20.4. The first-order valence-corrected chi connectivity index (χ1v) is 21.2. The molecule has 4 aromatic carbocycles. The summed E-state index contributed by atoms with van der Waals surface area (Å²) in [4.78, 5) is 66.1. The molecule has 2 saturated heterocycles. The highest BCUT2D eigenvalue weighted by Gasteiger charge is 2.54. The van der Waals surface area contributed by atoms with E-state index in [0.29, 0.717) is 93.2 Å². The number of aromatic nitrogens is 5. The Morgan fingerprint density at radius 2 is 1.49 bits per heavy atom. The number of imidazole rings is 1. The van der Waals surface area contributed by atoms with Crippen molar-refractivity contribution in [2.75, 3.05) is 27.3 Å². The molecule has 3 atom stereocenters. The quantitative estimate of drug-likeness (QED) is 0.105. The van der Waals surface area contributed by atoms with Crippen LogP contribution in [0.5, 0.6) is 11.5 Å². The number of amides is 3. The number of primary amides is 1. The monoisotopic (exact) mass is 881 g/mol. The number of hydrogen-bond donors (Lipinski definition) is 2. The van der Waals surface area contributed by atoms with Crippen LogP contribution in [-0.4, -0.2) is 80.9 Å². The molecule has 0 bridgehead atoms. The molecular weight excluding hydrogens is 843 g/mol. The number of oxazole rings is 1. The molecule has 10 rings (SSSR count). The zero-order valence-corrected chi connectivity index (χ0v) is 35.6. The van der Waals surface area contributed by atoms with E-state index in [0.717, 1.165) is 23.9 Å². The SMILES string of the molecule is COc1cccc2c(C(=O)N3CCC[C@H]3c3nc4cc(-c5cnc(-c6cccc([N+]7(C(=O)c8nc(Cl)cc9c(OC)cccc89)CCC[C@H]7C(N)=O)c6)o5)ccc4[nH]3)nc(Cl)cc12. The lowest BCUT2D eigenvalue weighted by atomic mass is 10.0. The molecule has 2 aliphatic heterocycles. The van der Waals surface area contributed by atoms with Gasteiger partial charge in [-0.25, -0.2) is 29.2 Å². The topological polar surface area (TPSA) is 179 Å². The van der Waals surface area contributed by atoms with E-state index in [1.54, 1.807) is 61.7 Å². The number of nitrogens with zero attached hydrogens (tertiary/aromatic N) is 6. The molecule has 8 aromatic rings. The van der Waals surface area contributed by atoms with Crippen LogP contribution in [0.1, 0.15) is 58.5 Å². The van der Waals surface area contributed by atoms with Crippen LogP contribution < -0.4 is 19.7 Å². The Morgan fingerprint density at radius 1 is 0.794 bits per heavy atom. The lowest BCUT2D eigenvalue weighted by Gasteiger charge is -2.35. The van der Waals surface area contributed by atoms with Gasteiger partial charge in [-0.3, -0.25) is 9.59 Å². The van der Waals surface area contributed by atoms with Crippen LogP contribution in [-0.2, 0) is 4.79 Å². The molecule has 6 heterocycles. The van der Waals surface area contributed by atoms with Crippen LogP contribution in [0.15, 0.2) is 102 Å². The van der Waals surface area contributed by atoms with E-state index in [1.807, 2.05) is 54.6 Å². The number of carbonyl (C=O) groups is 3. The number of likely N-dealkylation sites (tertiary alicyclic amines) is 2. The molecule has 0 aliphatic carbocycles. The summed E-state index contributed by atoms with van der Waals surface area (Å²) < 4.78 is 17.1. The summed E-state index contributed by atoms with van der Waals surface area (Å²) in [6, 6.07) is 26.1. The molecule has 0 radical (unpaired) electrons. The van der Waals surface area contributed by atoms with E-state index < -0.39 is 17.9 Å². The van der Waals surface area contributed by atoms with Crippen LogP contribution in [0.3, 0.4) is 0 Å². The minimum absolute atomic E-state index is 0.116. The van der Waals surface area contributed by atoms with Gasteiger partial charge in [-0.1, -0.05) is 53.5 Å². The van der Waals surface area contributed by atoms with Crippen molar-refractivity contribution in [2.45, 2.75) is 37.8 Å². The number of halogens is 2. The summed E-state index contributed by atoms with van der Waals surface area (Å²) in [5.74, 6) is 1.37. The van der Waals surface area contributed by atoms with Crippen molar-refractivity contribution < 1.29 is 28.3 Å². The van der Waals surface area contributed by atoms with Crippen molar-refractivity contribution in [3.8, 4) is 34.3 Å². The maximum absolute atomic E-state index is 15.0. The van der Waals surface area contributed by atoms with Gasteiger partial charge in [0.15, 0.2) is 17.5 Å². The summed E-state index contributed by atoms with van der Waals surface area (Å²) >= 11 is 12.9. The third-order valence-corrected chi connectivity index (χ3v) is 12.7. The lowest BCUT2D eigenvalue weighted by molar-refractivity contribution is -0.121. The Kier molecular flexibility index (Phi) is 10.1. The third kappa shape index (κ3) is 6.72. The molecule has 4 aromatic heterocycles. The van der Waals surface area contributed by atoms with Gasteiger partial charge in [-0.05, 0) is 67.4 Å². The molecule has 1 unspecified atom stereocenters. The van der Waals surface area contributed by atoms with Crippen molar-refractivity contribution in [1.82, 2.24) is 34.3 Å². The number of pyridine rings is 2. The van der Waals surface area contributed by atoms with E-state index in [9.17, 15) is 9.59 Å². The van der Waals surface area contributed by atoms with Crippen molar-refractivity contribution >= 4 is 79.2 Å². The molecule has 0 saturated carbocycles. The number of fused-ring (bicyclic) bond motifs is 3. The largest absolute Gasteiger partial charge is 0.496 e. The average molecular weight is 883 g/mol. The number of benzene rings is 4. The maximum Gasteiger partial charge on any atom is 0.370 e. The number of nitrogens with one attached hydrogen (secondary N) is 1. The van der Waals surface area contributed by atoms with Gasteiger partial charge in [0, 0.05) is 58.1 Å². The third-order valence-electron chi connectivity index (χ3n) is 12.3. The van der Waals surface area contributed by atoms with Crippen LogP contribution in [0.25, 0.3) is 55.4 Å². The van der Waals surface area contributed by atoms with Crippen LogP contribution >= 0.6 is 23.2 Å². The van der Waals surface area contributed by atoms with Gasteiger partial charge >= 0.3 is 5.91 Å². The van der Waals surface area contributed by atoms with E-state index in [4.69, 9.17) is 47.8 Å². The van der Waals surface area contributed by atoms with E-state index >= 15 is 4.79 Å². The molecule has 14 nitrogen and oxygen atoms in total. The Bertz CT molecular complexity index is 3170. The fraction of sp³-hybridized carbons (Fsp3) is 0.213. The Morgan fingerprint density at radius 3 is 2.21 bits per heavy atom. The number of aromatic amines is 1. The number of ether oxygens (including phenoxy) is 2. The fourth-order valence-electron chi connectivity index (χ4n) is 9.44. The van der Waals surface area contributed by atoms with E-state index in [-0.39, 0.29) is 38.1 Å². The fourth-order valence-corrected chi connectivity index (χ4v) is 9.83. The van der Waals surface area contributed by atoms with Gasteiger partial charge in [0.1, 0.15) is 39.0 Å². The number of quaternary nitrogens is 1. The second-order valence-corrected chi connectivity index (χ2v) is 16.5. The molecule has 2 fully saturated rings. The molecule has 3 N–H and O–H groups in total. The normalized spacial score (nSPS) is 18.7. The van der Waals surface area contributed by atoms with Crippen molar-refractivity contribution in [3.63, 3.8) is 0 Å². The zero-order valence-electron chi connectivity index (χ0n) is 34.1. The summed E-state index contributed by atoms with van der Waals surface area (Å²) in [6.45, 7) is 0.850. The van der Waals surface area contributed by atoms with Gasteiger partial charge in [0.05, 0.1) is 44.0 Å². The Labute approximate surface area is 370 Å². The van der Waals surface area contributed by atoms with Gasteiger partial charge in [0.25, 0.3) is 11.8 Å². The second kappa shape index (κ2) is 15.8. The highest BCUT2D eigenvalue weighted by atomic mass is 35.5. The van der Waals surface area contributed by atoms with Crippen LogP contribution in [0.2, 0.25) is 10.3 Å². The Balaban J connectivity index is 0.957. The number of nitrogens with two attached hydrogens (primary N) is 1. The van der Waals surface area contributed by atoms with Crippen LogP contribution in [0.4, 0.5) is 5.69 Å². The summed E-state index contributed by atoms with van der Waals surface area (Å²) in [6.07, 6.45) is 4.14. The molecule has 63 heavy (non-hydrogen) atoms. The summed E-state index contributed by atoms with van der Waals surface area (Å²) in [7, 11) is 3.12. The molecular formula is C47H39Cl2N8O6+. The standard InChI is InChI=1S/C47H38Cl2N8O6/c1-61-36-14-4-10-28-30(36)22-39(48)54-41(28)46(59)56-18-6-12-34(56)44-52-32-17-16-25(21-33(32)53-44)38-24-51-45(63-38)26-8-3-9-27(20-26)57(19-7-13-35(57)43(50)58)47(60)42-29-11-5-15-37(62-2)31(29)23-40(49)55-42/h3-5,8-11,14-17,20-24,34-35H,6-7,12-13,18-19H2,1-2H3,(H2-,50,52,53,58)/p+1/t34-,35-,57?/m0/s1. The molecule has 2 aliphatic rings. The highest BCUT2D eigenvalue weighted by molar-refractivity contribution is 6.31. The number of methoxy groups -OCH3 is 2. The maximum atomic E-state index is 15.0. The number of rotatable bonds is 9. The molecule has 0 spiro atoms. The van der Waals surface area contributed by atoms with Crippen molar-refractivity contribution in [3.05, 3.63) is 125 Å². The predicted octanol–water partition coefficient (Wildman–Crippen LogP) is 9.08. The van der Waals surface area contributed by atoms with E-state index in [2.05, 4.69) is 19.9 Å². The first kappa shape index (κ1) is 40.2. The van der Waals surface area contributed by atoms with Crippen molar-refractivity contribution in [2.24, 2.45) is 5.73 Å². The Hall–Kier alpha value is -6.87. The minimum Gasteiger partial charge on any atom is -0.496 e. The number of carbonyl (C=O) groups excluding carboxylic acids is 3. The molecule has 16 heteroatoms. The molecule has 316 valence electrons. The van der Waals surface area contributed by atoms with Gasteiger partial charge in [0.2, 0.25) is 5.89 Å². The highest BCUT2D eigenvalue weighted by Crippen LogP contribution is 2.42. The van der Waals surface area contributed by atoms with Crippen LogP contribution in [0, 0.1) is 0 Å². The number of hydrogen-bond acceptors (Lipinski definition) is 10. The van der Waals surface area contributed by atoms with Gasteiger partial charge in [-0.2, -0.15) is 0 Å².